The van der Waals surface area contributed by atoms with Gasteiger partial charge in [-0.1, -0.05) is 30.3 Å². The van der Waals surface area contributed by atoms with E-state index in [0.717, 1.165) is 17.7 Å². The van der Waals surface area contributed by atoms with Crippen LogP contribution in [-0.2, 0) is 17.5 Å². The smallest absolute Gasteiger partial charge is 0.416 e. The molecule has 0 aliphatic carbocycles. The van der Waals surface area contributed by atoms with Gasteiger partial charge in [-0.3, -0.25) is 0 Å². The van der Waals surface area contributed by atoms with Gasteiger partial charge in [-0.25, -0.2) is 4.79 Å². The lowest BCUT2D eigenvalue weighted by Gasteiger charge is -2.20. The zero-order valence-corrected chi connectivity index (χ0v) is 15.2. The summed E-state index contributed by atoms with van der Waals surface area (Å²) in [6.45, 7) is -0.0414. The zero-order chi connectivity index (χ0) is 21.4. The Bertz CT molecular complexity index is 866. The monoisotopic (exact) mass is 408 g/mol. The highest BCUT2D eigenvalue weighted by Gasteiger charge is 2.32. The van der Waals surface area contributed by atoms with Crippen LogP contribution in [0, 0.1) is 11.3 Å². The molecule has 1 amide bonds. The first-order valence-electron chi connectivity index (χ1n) is 8.64. The first kappa shape index (κ1) is 22.2. The summed E-state index contributed by atoms with van der Waals surface area (Å²) in [4.78, 5) is 11.6. The summed E-state index contributed by atoms with van der Waals surface area (Å²) in [6, 6.07) is 12.9. The van der Waals surface area contributed by atoms with E-state index in [4.69, 9.17) is 10.00 Å². The van der Waals surface area contributed by atoms with Gasteiger partial charge in [0.25, 0.3) is 0 Å². The second kappa shape index (κ2) is 9.91. The summed E-state index contributed by atoms with van der Waals surface area (Å²) >= 11 is 0. The summed E-state index contributed by atoms with van der Waals surface area (Å²) in [5, 5.41) is 31.7. The van der Waals surface area contributed by atoms with Crippen LogP contribution >= 0.6 is 0 Å². The number of carbonyl (C=O) groups excluding carboxylic acids is 1. The maximum atomic E-state index is 12.9. The van der Waals surface area contributed by atoms with Crippen molar-refractivity contribution in [3.63, 3.8) is 0 Å². The molecular formula is C20H19F3N2O4. The van der Waals surface area contributed by atoms with E-state index >= 15 is 0 Å². The molecule has 29 heavy (non-hydrogen) atoms. The molecule has 0 fully saturated rings. The van der Waals surface area contributed by atoms with Crippen molar-refractivity contribution < 1.29 is 32.9 Å². The van der Waals surface area contributed by atoms with Gasteiger partial charge in [-0.15, -0.1) is 0 Å². The van der Waals surface area contributed by atoms with Crippen LogP contribution in [0.4, 0.5) is 18.0 Å². The van der Waals surface area contributed by atoms with Gasteiger partial charge in [-0.05, 0) is 30.2 Å². The first-order valence-corrected chi connectivity index (χ1v) is 8.64. The number of aliphatic hydroxyl groups excluding tert-OH is 2. The third-order valence-electron chi connectivity index (χ3n) is 4.10. The number of rotatable bonds is 7. The van der Waals surface area contributed by atoms with Crippen LogP contribution in [-0.4, -0.2) is 29.0 Å². The number of hydrogen-bond acceptors (Lipinski definition) is 5. The molecule has 3 N–H and O–H groups in total. The summed E-state index contributed by atoms with van der Waals surface area (Å²) in [6.07, 6.45) is -8.79. The average Bonchev–Trinajstić information content (AvgIpc) is 2.71. The quantitative estimate of drug-likeness (QED) is 0.653. The molecule has 0 bridgehead atoms. The Morgan fingerprint density at radius 2 is 1.86 bits per heavy atom. The van der Waals surface area contributed by atoms with Crippen molar-refractivity contribution in [1.82, 2.24) is 5.32 Å². The number of nitriles is 1. The number of alkyl carbamates (subject to hydrolysis) is 1. The van der Waals surface area contributed by atoms with Crippen LogP contribution in [0.3, 0.4) is 0 Å². The minimum atomic E-state index is -4.66. The van der Waals surface area contributed by atoms with Crippen LogP contribution < -0.4 is 5.32 Å². The Morgan fingerprint density at radius 1 is 1.17 bits per heavy atom. The molecule has 0 radical (unpaired) electrons. The fourth-order valence-corrected chi connectivity index (χ4v) is 2.55. The van der Waals surface area contributed by atoms with Crippen molar-refractivity contribution in [2.75, 3.05) is 6.54 Å². The van der Waals surface area contributed by atoms with E-state index in [1.165, 1.54) is 0 Å². The van der Waals surface area contributed by atoms with Crippen molar-refractivity contribution in [3.05, 3.63) is 70.8 Å². The van der Waals surface area contributed by atoms with Crippen molar-refractivity contribution in [2.24, 2.45) is 0 Å². The van der Waals surface area contributed by atoms with E-state index in [9.17, 15) is 28.2 Å². The molecule has 2 unspecified atom stereocenters. The van der Waals surface area contributed by atoms with Gasteiger partial charge in [0.2, 0.25) is 0 Å². The number of nitrogens with one attached hydrogen (secondary N) is 1. The van der Waals surface area contributed by atoms with E-state index in [1.807, 2.05) is 6.07 Å². The molecule has 0 saturated carbocycles. The number of carbonyl (C=O) groups is 1. The van der Waals surface area contributed by atoms with Crippen molar-refractivity contribution in [1.29, 1.82) is 5.26 Å². The number of hydrogen-bond donors (Lipinski definition) is 3. The van der Waals surface area contributed by atoms with Gasteiger partial charge in [0, 0.05) is 12.1 Å². The molecule has 2 aromatic carbocycles. The Labute approximate surface area is 165 Å². The normalized spacial score (nSPS) is 13.2. The maximum Gasteiger partial charge on any atom is 0.416 e. The lowest BCUT2D eigenvalue weighted by molar-refractivity contribution is -0.137. The van der Waals surface area contributed by atoms with Gasteiger partial charge in [0.15, 0.2) is 0 Å². The number of amides is 1. The molecule has 0 spiro atoms. The topological polar surface area (TPSA) is 103 Å². The highest BCUT2D eigenvalue weighted by Crippen LogP contribution is 2.33. The largest absolute Gasteiger partial charge is 0.445 e. The van der Waals surface area contributed by atoms with Crippen molar-refractivity contribution >= 4 is 6.09 Å². The molecule has 0 heterocycles. The fraction of sp³-hybridized carbons (Fsp3) is 0.300. The van der Waals surface area contributed by atoms with E-state index in [1.54, 1.807) is 30.3 Å². The fourth-order valence-electron chi connectivity index (χ4n) is 2.55. The predicted octanol–water partition coefficient (Wildman–Crippen LogP) is 3.29. The Morgan fingerprint density at radius 3 is 2.48 bits per heavy atom. The van der Waals surface area contributed by atoms with E-state index in [-0.39, 0.29) is 30.7 Å². The predicted molar refractivity (Wildman–Crippen MR) is 96.4 cm³/mol. The average molecular weight is 408 g/mol. The van der Waals surface area contributed by atoms with Crippen LogP contribution in [0.5, 0.6) is 0 Å². The number of alkyl halides is 3. The summed E-state index contributed by atoms with van der Waals surface area (Å²) < 4.78 is 43.6. The van der Waals surface area contributed by atoms with E-state index in [2.05, 4.69) is 5.32 Å². The Kier molecular flexibility index (Phi) is 7.59. The van der Waals surface area contributed by atoms with Gasteiger partial charge < -0.3 is 20.3 Å². The standard InChI is InChI=1S/C20H19F3N2O4/c21-20(22,23)15-7-6-14(11-24)16(10-15)18(27)17(26)8-9-25-19(28)29-12-13-4-2-1-3-5-13/h1-7,10,17-18,26-27H,8-9,12H2,(H,25,28). The summed E-state index contributed by atoms with van der Waals surface area (Å²) in [7, 11) is 0. The molecule has 2 rings (SSSR count). The number of aliphatic hydroxyl groups is 2. The molecule has 9 heteroatoms. The molecule has 0 aromatic heterocycles. The van der Waals surface area contributed by atoms with Gasteiger partial charge >= 0.3 is 12.3 Å². The second-order valence-electron chi connectivity index (χ2n) is 6.20. The molecule has 154 valence electrons. The lowest BCUT2D eigenvalue weighted by atomic mass is 9.95. The molecular weight excluding hydrogens is 389 g/mol. The molecule has 2 aromatic rings. The minimum Gasteiger partial charge on any atom is -0.445 e. The molecule has 6 nitrogen and oxygen atoms in total. The maximum absolute atomic E-state index is 12.9. The Balaban J connectivity index is 1.89. The van der Waals surface area contributed by atoms with Crippen LogP contribution in [0.2, 0.25) is 0 Å². The van der Waals surface area contributed by atoms with Crippen molar-refractivity contribution in [3.8, 4) is 6.07 Å². The Hall–Kier alpha value is -3.09. The number of benzene rings is 2. The SMILES string of the molecule is N#Cc1ccc(C(F)(F)F)cc1C(O)C(O)CCNC(=O)OCc1ccccc1. The third kappa shape index (κ3) is 6.48. The first-order chi connectivity index (χ1) is 13.7. The second-order valence-corrected chi connectivity index (χ2v) is 6.20. The van der Waals surface area contributed by atoms with E-state index in [0.29, 0.717) is 6.07 Å². The van der Waals surface area contributed by atoms with E-state index < -0.39 is 30.0 Å². The van der Waals surface area contributed by atoms with Gasteiger partial charge in [0.1, 0.15) is 12.7 Å². The van der Waals surface area contributed by atoms with Crippen LogP contribution in [0.1, 0.15) is 34.8 Å². The van der Waals surface area contributed by atoms with Crippen LogP contribution in [0.25, 0.3) is 0 Å². The zero-order valence-electron chi connectivity index (χ0n) is 15.2. The summed E-state index contributed by atoms with van der Waals surface area (Å²) in [5.74, 6) is 0. The molecule has 0 aliphatic heterocycles. The highest BCUT2D eigenvalue weighted by atomic mass is 19.4. The van der Waals surface area contributed by atoms with Gasteiger partial charge in [-0.2, -0.15) is 18.4 Å². The highest BCUT2D eigenvalue weighted by molar-refractivity contribution is 5.67. The molecule has 0 aliphatic rings. The van der Waals surface area contributed by atoms with Gasteiger partial charge in [0.05, 0.1) is 23.3 Å². The lowest BCUT2D eigenvalue weighted by Crippen LogP contribution is -2.30. The number of nitrogens with zero attached hydrogens (tertiary/aromatic N) is 1. The number of halogens is 3. The van der Waals surface area contributed by atoms with Crippen molar-refractivity contribution in [2.45, 2.75) is 31.4 Å². The third-order valence-corrected chi connectivity index (χ3v) is 4.10. The van der Waals surface area contributed by atoms with Crippen LogP contribution in [0.15, 0.2) is 48.5 Å². The summed E-state index contributed by atoms with van der Waals surface area (Å²) in [5.41, 5.74) is -0.770. The molecule has 0 saturated heterocycles. The minimum absolute atomic E-state index is 0.0492. The number of ether oxygens (including phenoxy) is 1. The molecule has 2 atom stereocenters.